The fraction of sp³-hybridized carbons (Fsp3) is 0.160. The van der Waals surface area contributed by atoms with Crippen LogP contribution in [-0.2, 0) is 24.7 Å². The van der Waals surface area contributed by atoms with Crippen LogP contribution in [0.1, 0.15) is 12.0 Å². The Hall–Kier alpha value is -3.05. The summed E-state index contributed by atoms with van der Waals surface area (Å²) in [6, 6.07) is 15.8. The topological polar surface area (TPSA) is 101 Å². The highest BCUT2D eigenvalue weighted by molar-refractivity contribution is 7.92. The molecule has 0 aliphatic carbocycles. The molecule has 1 saturated heterocycles. The molecule has 3 aromatic carbocycles. The largest absolute Gasteiger partial charge is 0.308 e. The SMILES string of the molecule is CS(=O)(=O)c1ccccc1-c1ccc(N2CC[C@H](NS(=O)(=O)C=Cc3ccc(Cl)cc3)C2=O)c(F)c1. The quantitative estimate of drug-likeness (QED) is 0.476. The van der Waals surface area contributed by atoms with Gasteiger partial charge in [0.2, 0.25) is 15.9 Å². The standard InChI is InChI=1S/C25H22ClFN2O5S2/c1-35(31,32)24-5-3-2-4-20(24)18-8-11-23(21(27)16-18)29-14-12-22(25(29)30)28-36(33,34)15-13-17-6-9-19(26)10-7-17/h2-11,13,15-16,22,28H,12,14H2,1H3/t22-/m0/s1. The van der Waals surface area contributed by atoms with E-state index in [1.807, 2.05) is 0 Å². The predicted molar refractivity (Wildman–Crippen MR) is 138 cm³/mol. The van der Waals surface area contributed by atoms with E-state index in [2.05, 4.69) is 4.72 Å². The van der Waals surface area contributed by atoms with Crippen LogP contribution < -0.4 is 9.62 Å². The fourth-order valence-electron chi connectivity index (χ4n) is 3.93. The van der Waals surface area contributed by atoms with Gasteiger partial charge in [-0.25, -0.2) is 21.2 Å². The molecule has 1 fully saturated rings. The lowest BCUT2D eigenvalue weighted by molar-refractivity contribution is -0.118. The first-order valence-electron chi connectivity index (χ1n) is 10.8. The van der Waals surface area contributed by atoms with Gasteiger partial charge in [0.05, 0.1) is 10.6 Å². The molecule has 1 aliphatic heterocycles. The van der Waals surface area contributed by atoms with Crippen molar-refractivity contribution in [1.82, 2.24) is 4.72 Å². The van der Waals surface area contributed by atoms with Crippen molar-refractivity contribution in [3.05, 3.63) is 88.5 Å². The first-order chi connectivity index (χ1) is 16.9. The number of carbonyl (C=O) groups is 1. The normalized spacial score (nSPS) is 16.7. The van der Waals surface area contributed by atoms with Crippen LogP contribution in [0.3, 0.4) is 0 Å². The Labute approximate surface area is 214 Å². The molecule has 7 nitrogen and oxygen atoms in total. The number of halogens is 2. The van der Waals surface area contributed by atoms with Gasteiger partial charge in [0.15, 0.2) is 9.84 Å². The fourth-order valence-corrected chi connectivity index (χ4v) is 6.00. The van der Waals surface area contributed by atoms with Crippen LogP contribution in [0, 0.1) is 5.82 Å². The molecule has 1 heterocycles. The van der Waals surface area contributed by atoms with Crippen LogP contribution in [0.5, 0.6) is 0 Å². The van der Waals surface area contributed by atoms with E-state index in [1.165, 1.54) is 35.2 Å². The van der Waals surface area contributed by atoms with E-state index in [-0.39, 0.29) is 23.5 Å². The maximum absolute atomic E-state index is 15.1. The summed E-state index contributed by atoms with van der Waals surface area (Å²) in [5.41, 5.74) is 1.28. The Balaban J connectivity index is 1.51. The molecule has 188 valence electrons. The van der Waals surface area contributed by atoms with E-state index in [0.717, 1.165) is 11.7 Å². The maximum atomic E-state index is 15.1. The molecular formula is C25H22ClFN2O5S2. The molecule has 36 heavy (non-hydrogen) atoms. The Kier molecular flexibility index (Phi) is 7.33. The van der Waals surface area contributed by atoms with Crippen molar-refractivity contribution in [2.45, 2.75) is 17.4 Å². The number of carbonyl (C=O) groups excluding carboxylic acids is 1. The van der Waals surface area contributed by atoms with Crippen LogP contribution in [0.4, 0.5) is 10.1 Å². The summed E-state index contributed by atoms with van der Waals surface area (Å²) in [5.74, 6) is -1.31. The summed E-state index contributed by atoms with van der Waals surface area (Å²) >= 11 is 5.82. The lowest BCUT2D eigenvalue weighted by atomic mass is 10.0. The summed E-state index contributed by atoms with van der Waals surface area (Å²) < 4.78 is 66.6. The minimum atomic E-state index is -3.95. The Morgan fingerprint density at radius 1 is 1.03 bits per heavy atom. The highest BCUT2D eigenvalue weighted by atomic mass is 35.5. The number of amides is 1. The zero-order chi connectivity index (χ0) is 26.1. The molecular weight excluding hydrogens is 527 g/mol. The van der Waals surface area contributed by atoms with E-state index in [9.17, 15) is 21.6 Å². The Morgan fingerprint density at radius 3 is 2.39 bits per heavy atom. The molecule has 0 saturated carbocycles. The summed E-state index contributed by atoms with van der Waals surface area (Å²) in [5, 5.41) is 1.48. The van der Waals surface area contributed by atoms with Gasteiger partial charge in [0.25, 0.3) is 0 Å². The first-order valence-corrected chi connectivity index (χ1v) is 14.6. The number of nitrogens with one attached hydrogen (secondary N) is 1. The highest BCUT2D eigenvalue weighted by Crippen LogP contribution is 2.32. The monoisotopic (exact) mass is 548 g/mol. The van der Waals surface area contributed by atoms with Crippen LogP contribution in [0.2, 0.25) is 5.02 Å². The van der Waals surface area contributed by atoms with E-state index < -0.39 is 37.6 Å². The highest BCUT2D eigenvalue weighted by Gasteiger charge is 2.36. The van der Waals surface area contributed by atoms with Gasteiger partial charge in [0.1, 0.15) is 11.9 Å². The molecule has 0 aromatic heterocycles. The first kappa shape index (κ1) is 26.0. The number of hydrogen-bond acceptors (Lipinski definition) is 5. The van der Waals surface area contributed by atoms with Crippen LogP contribution in [-0.4, -0.2) is 41.6 Å². The molecule has 0 unspecified atom stereocenters. The minimum Gasteiger partial charge on any atom is -0.308 e. The van der Waals surface area contributed by atoms with Gasteiger partial charge in [0, 0.05) is 28.8 Å². The molecule has 1 N–H and O–H groups in total. The lowest BCUT2D eigenvalue weighted by Gasteiger charge is -2.19. The molecule has 0 spiro atoms. The maximum Gasteiger partial charge on any atom is 0.245 e. The Bertz CT molecular complexity index is 1560. The number of nitrogens with zero attached hydrogens (tertiary/aromatic N) is 1. The third kappa shape index (κ3) is 5.84. The molecule has 11 heteroatoms. The van der Waals surface area contributed by atoms with Crippen molar-refractivity contribution in [1.29, 1.82) is 0 Å². The second-order valence-electron chi connectivity index (χ2n) is 8.28. The molecule has 4 rings (SSSR count). The van der Waals surface area contributed by atoms with Crippen molar-refractivity contribution in [3.8, 4) is 11.1 Å². The van der Waals surface area contributed by atoms with Gasteiger partial charge in [-0.2, -0.15) is 4.72 Å². The predicted octanol–water partition coefficient (Wildman–Crippen LogP) is 4.25. The summed E-state index contributed by atoms with van der Waals surface area (Å²) in [4.78, 5) is 14.1. The molecule has 0 radical (unpaired) electrons. The van der Waals surface area contributed by atoms with Crippen molar-refractivity contribution < 1.29 is 26.0 Å². The van der Waals surface area contributed by atoms with Gasteiger partial charge >= 0.3 is 0 Å². The second kappa shape index (κ2) is 10.1. The average molecular weight is 549 g/mol. The number of benzene rings is 3. The third-order valence-corrected chi connectivity index (χ3v) is 8.17. The minimum absolute atomic E-state index is 0.0148. The van der Waals surface area contributed by atoms with Crippen LogP contribution >= 0.6 is 11.6 Å². The van der Waals surface area contributed by atoms with Gasteiger partial charge in [-0.3, -0.25) is 4.79 Å². The zero-order valence-corrected chi connectivity index (χ0v) is 21.4. The molecule has 1 amide bonds. The van der Waals surface area contributed by atoms with E-state index >= 15 is 4.39 Å². The van der Waals surface area contributed by atoms with E-state index in [0.29, 0.717) is 21.7 Å². The zero-order valence-electron chi connectivity index (χ0n) is 19.1. The van der Waals surface area contributed by atoms with Crippen molar-refractivity contribution >= 4 is 49.1 Å². The lowest BCUT2D eigenvalue weighted by Crippen LogP contribution is -2.40. The average Bonchev–Trinajstić information content (AvgIpc) is 3.17. The van der Waals surface area contributed by atoms with Crippen molar-refractivity contribution in [2.24, 2.45) is 0 Å². The second-order valence-corrected chi connectivity index (χ2v) is 12.3. The van der Waals surface area contributed by atoms with Gasteiger partial charge < -0.3 is 4.90 Å². The van der Waals surface area contributed by atoms with Crippen molar-refractivity contribution in [2.75, 3.05) is 17.7 Å². The molecule has 3 aromatic rings. The third-order valence-electron chi connectivity index (χ3n) is 5.66. The summed E-state index contributed by atoms with van der Waals surface area (Å²) in [7, 11) is -7.49. The number of anilines is 1. The van der Waals surface area contributed by atoms with Gasteiger partial charge in [-0.15, -0.1) is 0 Å². The van der Waals surface area contributed by atoms with Gasteiger partial charge in [-0.1, -0.05) is 48.0 Å². The van der Waals surface area contributed by atoms with Crippen LogP contribution in [0.15, 0.2) is 77.0 Å². The number of sulfonamides is 1. The smallest absolute Gasteiger partial charge is 0.245 e. The van der Waals surface area contributed by atoms with E-state index in [1.54, 1.807) is 42.5 Å². The number of rotatable bonds is 7. The van der Waals surface area contributed by atoms with Crippen molar-refractivity contribution in [3.63, 3.8) is 0 Å². The molecule has 0 bridgehead atoms. The Morgan fingerprint density at radius 2 is 1.72 bits per heavy atom. The van der Waals surface area contributed by atoms with Gasteiger partial charge in [-0.05, 0) is 54.0 Å². The summed E-state index contributed by atoms with van der Waals surface area (Å²) in [6.07, 6.45) is 2.61. The molecule has 1 atom stereocenters. The number of hydrogen-bond donors (Lipinski definition) is 1. The summed E-state index contributed by atoms with van der Waals surface area (Å²) in [6.45, 7) is 0.114. The van der Waals surface area contributed by atoms with Crippen LogP contribution in [0.25, 0.3) is 17.2 Å². The molecule has 1 aliphatic rings. The number of sulfone groups is 1. The van der Waals surface area contributed by atoms with E-state index in [4.69, 9.17) is 11.6 Å².